The van der Waals surface area contributed by atoms with Gasteiger partial charge >= 0.3 is 5.97 Å². The number of rotatable bonds is 11. The molecule has 27 heavy (non-hydrogen) atoms. The van der Waals surface area contributed by atoms with Crippen LogP contribution in [0.25, 0.3) is 0 Å². The van der Waals surface area contributed by atoms with Crippen molar-refractivity contribution < 1.29 is 41.7 Å². The number of nitrogens with one attached hydrogen (secondary N) is 1. The topological polar surface area (TPSA) is 156 Å². The van der Waals surface area contributed by atoms with E-state index in [1.54, 1.807) is 0 Å². The number of nitrogens with zero attached hydrogens (tertiary/aromatic N) is 1. The first-order valence-corrected chi connectivity index (χ1v) is 9.91. The number of hydrogen-bond donors (Lipinski definition) is 2. The summed E-state index contributed by atoms with van der Waals surface area (Å²) in [6.07, 6.45) is 2.03. The zero-order valence-corrected chi connectivity index (χ0v) is 16.0. The Morgan fingerprint density at radius 2 is 1.93 bits per heavy atom. The molecule has 12 heteroatoms. The summed E-state index contributed by atoms with van der Waals surface area (Å²) in [6.45, 7) is 3.55. The minimum atomic E-state index is -4.79. The lowest BCUT2D eigenvalue weighted by Crippen LogP contribution is -2.38. The SMILES string of the molecule is CC(C)CCCCNC(=O)COCC(=O)ON1C(=O)CC(S(=O)(=O)O)C1=O. The summed E-state index contributed by atoms with van der Waals surface area (Å²) in [6, 6.07) is 0. The molecule has 1 unspecified atom stereocenters. The Hall–Kier alpha value is -2.05. The fourth-order valence-corrected chi connectivity index (χ4v) is 2.93. The van der Waals surface area contributed by atoms with Crippen molar-refractivity contribution in [3.05, 3.63) is 0 Å². The van der Waals surface area contributed by atoms with E-state index in [0.29, 0.717) is 12.5 Å². The summed E-state index contributed by atoms with van der Waals surface area (Å²) >= 11 is 0. The Bertz CT molecular complexity index is 675. The van der Waals surface area contributed by atoms with Crippen molar-refractivity contribution in [2.75, 3.05) is 19.8 Å². The first kappa shape index (κ1) is 23.0. The maximum atomic E-state index is 11.7. The third-order valence-electron chi connectivity index (χ3n) is 3.60. The van der Waals surface area contributed by atoms with Gasteiger partial charge in [0.25, 0.3) is 21.9 Å². The molecule has 1 rings (SSSR count). The van der Waals surface area contributed by atoms with Crippen molar-refractivity contribution in [2.45, 2.75) is 44.8 Å². The molecule has 0 radical (unpaired) electrons. The highest BCUT2D eigenvalue weighted by Crippen LogP contribution is 2.19. The highest BCUT2D eigenvalue weighted by Gasteiger charge is 2.48. The molecule has 0 aromatic carbocycles. The van der Waals surface area contributed by atoms with Crippen LogP contribution in [0.1, 0.15) is 39.5 Å². The van der Waals surface area contributed by atoms with Gasteiger partial charge in [-0.15, -0.1) is 5.06 Å². The van der Waals surface area contributed by atoms with Gasteiger partial charge in [-0.1, -0.05) is 26.7 Å². The molecule has 0 aliphatic carbocycles. The monoisotopic (exact) mass is 408 g/mol. The minimum Gasteiger partial charge on any atom is -0.360 e. The van der Waals surface area contributed by atoms with E-state index in [1.807, 2.05) is 0 Å². The van der Waals surface area contributed by atoms with Gasteiger partial charge in [0.1, 0.15) is 13.2 Å². The van der Waals surface area contributed by atoms with E-state index in [0.717, 1.165) is 19.3 Å². The van der Waals surface area contributed by atoms with Crippen LogP contribution in [0.3, 0.4) is 0 Å². The molecule has 0 bridgehead atoms. The number of amides is 3. The van der Waals surface area contributed by atoms with E-state index in [9.17, 15) is 27.6 Å². The quantitative estimate of drug-likeness (QED) is 0.259. The summed E-state index contributed by atoms with van der Waals surface area (Å²) in [5.74, 6) is -3.47. The Kier molecular flexibility index (Phi) is 8.79. The predicted octanol–water partition coefficient (Wildman–Crippen LogP) is -0.581. The van der Waals surface area contributed by atoms with Crippen molar-refractivity contribution in [3.63, 3.8) is 0 Å². The third kappa shape index (κ3) is 8.01. The van der Waals surface area contributed by atoms with Crippen LogP contribution in [0.2, 0.25) is 0 Å². The van der Waals surface area contributed by atoms with Crippen LogP contribution >= 0.6 is 0 Å². The van der Waals surface area contributed by atoms with E-state index in [1.165, 1.54) is 0 Å². The van der Waals surface area contributed by atoms with Gasteiger partial charge in [-0.2, -0.15) is 8.42 Å². The smallest absolute Gasteiger partial charge is 0.358 e. The van der Waals surface area contributed by atoms with Crippen LogP contribution in [0.5, 0.6) is 0 Å². The number of imide groups is 1. The molecule has 1 fully saturated rings. The molecular formula is C15H24N2O9S. The maximum absolute atomic E-state index is 11.7. The largest absolute Gasteiger partial charge is 0.360 e. The Balaban J connectivity index is 2.27. The molecule has 0 aromatic rings. The van der Waals surface area contributed by atoms with Crippen LogP contribution in [-0.4, -0.2) is 66.7 Å². The summed E-state index contributed by atoms with van der Waals surface area (Å²) in [5, 5.41) is 0.582. The maximum Gasteiger partial charge on any atom is 0.358 e. The summed E-state index contributed by atoms with van der Waals surface area (Å²) in [7, 11) is -4.79. The second-order valence-electron chi connectivity index (χ2n) is 6.43. The molecule has 2 N–H and O–H groups in total. The molecule has 0 spiro atoms. The Morgan fingerprint density at radius 1 is 1.26 bits per heavy atom. The average molecular weight is 408 g/mol. The molecular weight excluding hydrogens is 384 g/mol. The van der Waals surface area contributed by atoms with Gasteiger partial charge in [-0.25, -0.2) is 4.79 Å². The van der Waals surface area contributed by atoms with Gasteiger partial charge in [0, 0.05) is 6.54 Å². The molecule has 1 heterocycles. The minimum absolute atomic E-state index is 0.0288. The highest BCUT2D eigenvalue weighted by molar-refractivity contribution is 7.87. The highest BCUT2D eigenvalue weighted by atomic mass is 32.2. The van der Waals surface area contributed by atoms with E-state index < -0.39 is 58.7 Å². The zero-order valence-electron chi connectivity index (χ0n) is 15.2. The molecule has 1 saturated heterocycles. The number of hydrogen-bond acceptors (Lipinski definition) is 8. The van der Waals surface area contributed by atoms with Gasteiger partial charge < -0.3 is 14.9 Å². The molecule has 0 aromatic heterocycles. The average Bonchev–Trinajstić information content (AvgIpc) is 2.82. The summed E-state index contributed by atoms with van der Waals surface area (Å²) < 4.78 is 35.6. The third-order valence-corrected chi connectivity index (χ3v) is 4.69. The summed E-state index contributed by atoms with van der Waals surface area (Å²) in [5.41, 5.74) is 0. The summed E-state index contributed by atoms with van der Waals surface area (Å²) in [4.78, 5) is 50.7. The Labute approximate surface area is 157 Å². The van der Waals surface area contributed by atoms with E-state index >= 15 is 0 Å². The second-order valence-corrected chi connectivity index (χ2v) is 8.03. The van der Waals surface area contributed by atoms with E-state index in [-0.39, 0.29) is 5.06 Å². The number of carbonyl (C=O) groups excluding carboxylic acids is 4. The molecule has 1 aliphatic rings. The fourth-order valence-electron chi connectivity index (χ4n) is 2.22. The molecule has 1 aliphatic heterocycles. The van der Waals surface area contributed by atoms with Crippen molar-refractivity contribution in [1.29, 1.82) is 0 Å². The van der Waals surface area contributed by atoms with Crippen LogP contribution in [0.4, 0.5) is 0 Å². The lowest BCUT2D eigenvalue weighted by Gasteiger charge is -2.13. The molecule has 154 valence electrons. The number of ether oxygens (including phenoxy) is 1. The van der Waals surface area contributed by atoms with Gasteiger partial charge in [-0.3, -0.25) is 18.9 Å². The molecule has 3 amide bonds. The second kappa shape index (κ2) is 10.3. The fraction of sp³-hybridized carbons (Fsp3) is 0.733. The zero-order chi connectivity index (χ0) is 20.6. The molecule has 0 saturated carbocycles. The number of carbonyl (C=O) groups is 4. The lowest BCUT2D eigenvalue weighted by molar-refractivity contribution is -0.200. The van der Waals surface area contributed by atoms with Crippen molar-refractivity contribution in [2.24, 2.45) is 5.92 Å². The number of hydroxylamine groups is 2. The van der Waals surface area contributed by atoms with Crippen LogP contribution < -0.4 is 5.32 Å². The lowest BCUT2D eigenvalue weighted by atomic mass is 10.1. The standard InChI is InChI=1S/C15H24N2O9S/c1-10(2)5-3-4-6-16-12(18)8-25-9-14(20)26-17-13(19)7-11(15(17)21)27(22,23)24/h10-11H,3-9H2,1-2H3,(H,16,18)(H,22,23,24). The van der Waals surface area contributed by atoms with Crippen LogP contribution in [-0.2, 0) is 38.9 Å². The van der Waals surface area contributed by atoms with Gasteiger partial charge in [0.05, 0.1) is 6.42 Å². The van der Waals surface area contributed by atoms with Crippen molar-refractivity contribution >= 4 is 33.8 Å². The van der Waals surface area contributed by atoms with Gasteiger partial charge in [0.2, 0.25) is 5.91 Å². The molecule has 11 nitrogen and oxygen atoms in total. The van der Waals surface area contributed by atoms with E-state index in [4.69, 9.17) is 9.29 Å². The van der Waals surface area contributed by atoms with Crippen molar-refractivity contribution in [1.82, 2.24) is 10.4 Å². The molecule has 1 atom stereocenters. The number of unbranched alkanes of at least 4 members (excludes halogenated alkanes) is 1. The predicted molar refractivity (Wildman–Crippen MR) is 90.4 cm³/mol. The normalized spacial score (nSPS) is 17.5. The van der Waals surface area contributed by atoms with Crippen LogP contribution in [0.15, 0.2) is 0 Å². The van der Waals surface area contributed by atoms with E-state index in [2.05, 4.69) is 24.0 Å². The first-order chi connectivity index (χ1) is 12.5. The Morgan fingerprint density at radius 3 is 2.48 bits per heavy atom. The van der Waals surface area contributed by atoms with Gasteiger partial charge in [0.15, 0.2) is 5.25 Å². The van der Waals surface area contributed by atoms with Crippen LogP contribution in [0, 0.1) is 5.92 Å². The van der Waals surface area contributed by atoms with Crippen molar-refractivity contribution in [3.8, 4) is 0 Å². The van der Waals surface area contributed by atoms with Gasteiger partial charge in [-0.05, 0) is 12.3 Å². The first-order valence-electron chi connectivity index (χ1n) is 8.40.